The van der Waals surface area contributed by atoms with E-state index in [-0.39, 0.29) is 17.0 Å². The van der Waals surface area contributed by atoms with Crippen LogP contribution in [0.5, 0.6) is 0 Å². The Hall–Kier alpha value is -1.05. The quantitative estimate of drug-likeness (QED) is 0.682. The summed E-state index contributed by atoms with van der Waals surface area (Å²) in [4.78, 5) is 12.2. The third kappa shape index (κ3) is 5.63. The van der Waals surface area contributed by atoms with Crippen LogP contribution in [0.1, 0.15) is 67.2 Å². The highest BCUT2D eigenvalue weighted by Crippen LogP contribution is 2.30. The van der Waals surface area contributed by atoms with Crippen molar-refractivity contribution >= 4 is 5.97 Å². The van der Waals surface area contributed by atoms with Gasteiger partial charge in [0.1, 0.15) is 5.60 Å². The van der Waals surface area contributed by atoms with Gasteiger partial charge in [0, 0.05) is 5.57 Å². The number of esters is 1. The summed E-state index contributed by atoms with van der Waals surface area (Å²) >= 11 is 0. The topological polar surface area (TPSA) is 26.3 Å². The molecule has 0 saturated carbocycles. The molecule has 1 aliphatic rings. The molecule has 0 bridgehead atoms. The molecule has 0 atom stereocenters. The van der Waals surface area contributed by atoms with E-state index in [4.69, 9.17) is 4.74 Å². The van der Waals surface area contributed by atoms with Gasteiger partial charge in [-0.3, -0.25) is 0 Å². The molecule has 0 aromatic rings. The summed E-state index contributed by atoms with van der Waals surface area (Å²) in [5.41, 5.74) is 1.96. The minimum atomic E-state index is -0.372. The number of allylic oxidation sites excluding steroid dienone is 3. The van der Waals surface area contributed by atoms with Crippen LogP contribution in [-0.2, 0) is 9.53 Å². The number of carbonyl (C=O) groups excluding carboxylic acids is 1. The van der Waals surface area contributed by atoms with E-state index in [1.54, 1.807) is 0 Å². The van der Waals surface area contributed by atoms with Gasteiger partial charge in [-0.15, -0.1) is 0 Å². The third-order valence-electron chi connectivity index (χ3n) is 3.40. The molecule has 0 saturated heterocycles. The van der Waals surface area contributed by atoms with Gasteiger partial charge in [-0.2, -0.15) is 0 Å². The molecule has 108 valence electrons. The van der Waals surface area contributed by atoms with E-state index in [0.717, 1.165) is 31.3 Å². The summed E-state index contributed by atoms with van der Waals surface area (Å²) in [5.74, 6) is -0.147. The molecule has 2 heteroatoms. The van der Waals surface area contributed by atoms with Gasteiger partial charge in [-0.1, -0.05) is 39.3 Å². The predicted octanol–water partition coefficient (Wildman–Crippen LogP) is 4.80. The van der Waals surface area contributed by atoms with Crippen LogP contribution in [0.2, 0.25) is 0 Å². The molecule has 2 nitrogen and oxygen atoms in total. The van der Waals surface area contributed by atoms with Crippen molar-refractivity contribution in [3.8, 4) is 0 Å². The molecule has 0 radical (unpaired) electrons. The lowest BCUT2D eigenvalue weighted by molar-refractivity contribution is -0.151. The molecule has 0 aromatic carbocycles. The maximum Gasteiger partial charge on any atom is 0.334 e. The van der Waals surface area contributed by atoms with Crippen molar-refractivity contribution in [2.45, 2.75) is 72.8 Å². The predicted molar refractivity (Wildman–Crippen MR) is 79.9 cm³/mol. The summed E-state index contributed by atoms with van der Waals surface area (Å²) in [6.45, 7) is 12.6. The molecule has 1 rings (SSSR count). The molecule has 0 spiro atoms. The number of ether oxygens (including phenoxy) is 1. The zero-order valence-corrected chi connectivity index (χ0v) is 13.3. The largest absolute Gasteiger partial charge is 0.456 e. The van der Waals surface area contributed by atoms with Crippen molar-refractivity contribution in [1.82, 2.24) is 0 Å². The van der Waals surface area contributed by atoms with Crippen molar-refractivity contribution in [3.63, 3.8) is 0 Å². The Morgan fingerprint density at radius 2 is 1.89 bits per heavy atom. The number of rotatable bonds is 4. The van der Waals surface area contributed by atoms with Gasteiger partial charge in [0.2, 0.25) is 0 Å². The van der Waals surface area contributed by atoms with Gasteiger partial charge in [0.25, 0.3) is 0 Å². The standard InChI is InChI=1S/C17H28O2/c1-7-17(5,6)19-15(18)14-10-8-9-13(11-14)12-16(2,3)4/h9,11H,7-8,10,12H2,1-6H3. The molecule has 0 aromatic heterocycles. The highest BCUT2D eigenvalue weighted by Gasteiger charge is 2.24. The van der Waals surface area contributed by atoms with Crippen molar-refractivity contribution in [2.75, 3.05) is 0 Å². The van der Waals surface area contributed by atoms with E-state index >= 15 is 0 Å². The third-order valence-corrected chi connectivity index (χ3v) is 3.40. The monoisotopic (exact) mass is 264 g/mol. The molecule has 19 heavy (non-hydrogen) atoms. The second-order valence-electron chi connectivity index (χ2n) is 7.23. The second-order valence-corrected chi connectivity index (χ2v) is 7.23. The number of hydrogen-bond acceptors (Lipinski definition) is 2. The zero-order valence-electron chi connectivity index (χ0n) is 13.3. The highest BCUT2D eigenvalue weighted by molar-refractivity contribution is 5.89. The molecular formula is C17H28O2. The van der Waals surface area contributed by atoms with Gasteiger partial charge >= 0.3 is 5.97 Å². The Morgan fingerprint density at radius 3 is 2.42 bits per heavy atom. The van der Waals surface area contributed by atoms with Crippen LogP contribution in [0, 0.1) is 5.41 Å². The maximum absolute atomic E-state index is 12.2. The van der Waals surface area contributed by atoms with Crippen LogP contribution in [0.15, 0.2) is 23.3 Å². The Morgan fingerprint density at radius 1 is 1.26 bits per heavy atom. The molecule has 0 amide bonds. The first kappa shape index (κ1) is 16.0. The smallest absolute Gasteiger partial charge is 0.334 e. The van der Waals surface area contributed by atoms with Crippen molar-refractivity contribution < 1.29 is 9.53 Å². The van der Waals surface area contributed by atoms with E-state index < -0.39 is 0 Å². The van der Waals surface area contributed by atoms with E-state index in [9.17, 15) is 4.79 Å². The average Bonchev–Trinajstić information content (AvgIpc) is 2.26. The molecule has 0 unspecified atom stereocenters. The number of carbonyl (C=O) groups is 1. The second kappa shape index (κ2) is 5.94. The molecule has 0 aliphatic heterocycles. The molecular weight excluding hydrogens is 236 g/mol. The van der Waals surface area contributed by atoms with Gasteiger partial charge in [0.05, 0.1) is 0 Å². The fourth-order valence-corrected chi connectivity index (χ4v) is 2.05. The zero-order chi connectivity index (χ0) is 14.7. The summed E-state index contributed by atoms with van der Waals surface area (Å²) in [7, 11) is 0. The SMILES string of the molecule is CCC(C)(C)OC(=O)C1=CC(CC(C)(C)C)=CCC1. The van der Waals surface area contributed by atoms with Crippen LogP contribution in [0.25, 0.3) is 0 Å². The van der Waals surface area contributed by atoms with E-state index in [2.05, 4.69) is 26.8 Å². The minimum Gasteiger partial charge on any atom is -0.456 e. The van der Waals surface area contributed by atoms with Gasteiger partial charge < -0.3 is 4.74 Å². The van der Waals surface area contributed by atoms with Gasteiger partial charge in [-0.05, 0) is 51.0 Å². The summed E-state index contributed by atoms with van der Waals surface area (Å²) < 4.78 is 5.57. The molecule has 0 heterocycles. The first-order valence-electron chi connectivity index (χ1n) is 7.26. The van der Waals surface area contributed by atoms with E-state index in [1.165, 1.54) is 5.57 Å². The average molecular weight is 264 g/mol. The van der Waals surface area contributed by atoms with Crippen molar-refractivity contribution in [2.24, 2.45) is 5.41 Å². The van der Waals surface area contributed by atoms with E-state index in [1.807, 2.05) is 26.8 Å². The van der Waals surface area contributed by atoms with Crippen molar-refractivity contribution in [3.05, 3.63) is 23.3 Å². The summed E-state index contributed by atoms with van der Waals surface area (Å²) in [6.07, 6.45) is 7.85. The Bertz CT molecular complexity index is 392. The fraction of sp³-hybridized carbons (Fsp3) is 0.706. The lowest BCUT2D eigenvalue weighted by Crippen LogP contribution is -2.28. The van der Waals surface area contributed by atoms with Crippen LogP contribution in [0.4, 0.5) is 0 Å². The molecule has 1 aliphatic carbocycles. The lowest BCUT2D eigenvalue weighted by atomic mass is 9.85. The fourth-order valence-electron chi connectivity index (χ4n) is 2.05. The summed E-state index contributed by atoms with van der Waals surface area (Å²) in [5, 5.41) is 0. The Labute approximate surface area is 117 Å². The van der Waals surface area contributed by atoms with Crippen LogP contribution in [0.3, 0.4) is 0 Å². The van der Waals surface area contributed by atoms with E-state index in [0.29, 0.717) is 0 Å². The Kier molecular flexibility index (Phi) is 5.00. The van der Waals surface area contributed by atoms with Crippen LogP contribution >= 0.6 is 0 Å². The first-order chi connectivity index (χ1) is 8.63. The highest BCUT2D eigenvalue weighted by atomic mass is 16.6. The summed E-state index contributed by atoms with van der Waals surface area (Å²) in [6, 6.07) is 0. The molecule has 0 N–H and O–H groups in total. The maximum atomic E-state index is 12.2. The molecule has 0 fully saturated rings. The van der Waals surface area contributed by atoms with Gasteiger partial charge in [0.15, 0.2) is 0 Å². The van der Waals surface area contributed by atoms with Gasteiger partial charge in [-0.25, -0.2) is 4.79 Å². The first-order valence-corrected chi connectivity index (χ1v) is 7.26. The lowest BCUT2D eigenvalue weighted by Gasteiger charge is -2.26. The van der Waals surface area contributed by atoms with Crippen molar-refractivity contribution in [1.29, 1.82) is 0 Å². The minimum absolute atomic E-state index is 0.147. The van der Waals surface area contributed by atoms with Crippen LogP contribution < -0.4 is 0 Å². The Balaban J connectivity index is 2.74. The normalized spacial score (nSPS) is 16.7. The number of hydrogen-bond donors (Lipinski definition) is 0. The van der Waals surface area contributed by atoms with Crippen LogP contribution in [-0.4, -0.2) is 11.6 Å².